The average Bonchev–Trinajstić information content (AvgIpc) is 3.27. The Balaban J connectivity index is 1.85. The largest absolute Gasteiger partial charge is 0.389 e. The van der Waals surface area contributed by atoms with Crippen LogP contribution in [0.4, 0.5) is 18.0 Å². The van der Waals surface area contributed by atoms with E-state index in [1.165, 1.54) is 15.3 Å². The molecule has 0 bridgehead atoms. The van der Waals surface area contributed by atoms with Crippen molar-refractivity contribution in [1.82, 2.24) is 30.5 Å². The predicted molar refractivity (Wildman–Crippen MR) is 180 cm³/mol. The fraction of sp³-hybridized carbons (Fsp3) is 0.788. The van der Waals surface area contributed by atoms with Crippen LogP contribution in [0.5, 0.6) is 0 Å². The summed E-state index contributed by atoms with van der Waals surface area (Å²) in [5.41, 5.74) is -1.85. The number of ketones is 1. The molecule has 3 fully saturated rings. The summed E-state index contributed by atoms with van der Waals surface area (Å²) in [6, 6.07) is -5.51. The van der Waals surface area contributed by atoms with Crippen LogP contribution in [-0.2, 0) is 29.2 Å². The first-order valence-corrected chi connectivity index (χ1v) is 18.5. The Hall–Kier alpha value is -3.21. The maximum absolute atomic E-state index is 14.3. The van der Waals surface area contributed by atoms with Gasteiger partial charge in [-0.1, -0.05) is 61.5 Å². The molecule has 1 saturated carbocycles. The molecule has 13 nitrogen and oxygen atoms in total. The number of alkyl halides is 3. The third kappa shape index (κ3) is 9.76. The van der Waals surface area contributed by atoms with Crippen molar-refractivity contribution < 1.29 is 45.6 Å². The molecule has 6 atom stereocenters. The molecule has 3 aliphatic rings. The first-order valence-electron chi connectivity index (χ1n) is 16.9. The molecule has 2 heterocycles. The van der Waals surface area contributed by atoms with E-state index in [-0.39, 0.29) is 37.2 Å². The molecule has 17 heteroatoms. The lowest BCUT2D eigenvalue weighted by Crippen LogP contribution is -2.62. The van der Waals surface area contributed by atoms with Crippen LogP contribution in [0.3, 0.4) is 0 Å². The van der Waals surface area contributed by atoms with Gasteiger partial charge in [-0.15, -0.1) is 6.58 Å². The molecule has 0 aromatic heterocycles. The highest BCUT2D eigenvalue weighted by Gasteiger charge is 2.70. The van der Waals surface area contributed by atoms with Crippen LogP contribution >= 0.6 is 0 Å². The van der Waals surface area contributed by atoms with E-state index in [1.807, 2.05) is 34.6 Å². The lowest BCUT2D eigenvalue weighted by atomic mass is 9.85. The molecular formula is C33H53F3N6O7S. The van der Waals surface area contributed by atoms with Gasteiger partial charge in [-0.2, -0.15) is 17.5 Å². The van der Waals surface area contributed by atoms with Gasteiger partial charge in [-0.3, -0.25) is 19.2 Å². The Labute approximate surface area is 292 Å². The van der Waals surface area contributed by atoms with Gasteiger partial charge in [0.1, 0.15) is 12.1 Å². The number of carbonyl (C=O) groups excluding carboxylic acids is 5. The number of likely N-dealkylation sites (tertiary alicyclic amines) is 1. The Kier molecular flexibility index (Phi) is 12.2. The normalized spacial score (nSPS) is 24.7. The molecular weight excluding hydrogens is 681 g/mol. The number of sulfonamides is 1. The van der Waals surface area contributed by atoms with E-state index < -0.39 is 99.0 Å². The number of carbonyl (C=O) groups is 5. The van der Waals surface area contributed by atoms with E-state index in [1.54, 1.807) is 20.8 Å². The SMILES string of the molecule is C=CCNC(=O)C(=O)C(CCC(F)(F)F)NC(=O)[C@@H]1C2[C@H](CN1C(=O)[C@@H](NC(=O)N[C@H](CN1CCCS1(=O)=O)C(C)(C)C)C(C)(C)C)C2(C)C. The number of halogens is 3. The van der Waals surface area contributed by atoms with E-state index in [9.17, 15) is 45.6 Å². The minimum absolute atomic E-state index is 0.0276. The van der Waals surface area contributed by atoms with Gasteiger partial charge in [0, 0.05) is 38.6 Å². The van der Waals surface area contributed by atoms with Crippen molar-refractivity contribution in [2.45, 2.75) is 105 Å². The maximum Gasteiger partial charge on any atom is 0.389 e. The predicted octanol–water partition coefficient (Wildman–Crippen LogP) is 2.33. The van der Waals surface area contributed by atoms with Gasteiger partial charge < -0.3 is 26.2 Å². The molecule has 284 valence electrons. The van der Waals surface area contributed by atoms with Gasteiger partial charge in [-0.05, 0) is 40.9 Å². The zero-order valence-corrected chi connectivity index (χ0v) is 31.0. The summed E-state index contributed by atoms with van der Waals surface area (Å²) in [6.07, 6.45) is -5.22. The van der Waals surface area contributed by atoms with E-state index in [2.05, 4.69) is 27.8 Å². The number of piperidine rings is 1. The fourth-order valence-corrected chi connectivity index (χ4v) is 8.37. The Morgan fingerprint density at radius 1 is 0.980 bits per heavy atom. The Morgan fingerprint density at radius 2 is 1.60 bits per heavy atom. The highest BCUT2D eigenvalue weighted by atomic mass is 32.2. The van der Waals surface area contributed by atoms with E-state index in [4.69, 9.17) is 0 Å². The number of Topliss-reactive ketones (excluding diaryl/α,β-unsaturated/α-hetero) is 1. The van der Waals surface area contributed by atoms with Gasteiger partial charge in [0.05, 0.1) is 11.8 Å². The second-order valence-electron chi connectivity index (χ2n) is 16.3. The summed E-state index contributed by atoms with van der Waals surface area (Å²) >= 11 is 0. The van der Waals surface area contributed by atoms with Crippen LogP contribution in [0.25, 0.3) is 0 Å². The quantitative estimate of drug-likeness (QED) is 0.166. The molecule has 5 amide bonds. The standard InChI is InChI=1S/C33H53F3N6O7S/c1-10-14-37-27(45)24(43)20(12-13-33(34,35)36)38-26(44)23-22-19(32(22,8)9)17-42(23)28(46)25(31(5,6)7)40-29(47)39-21(30(2,3)4)18-41-15-11-16-50(41,48)49/h10,19-23,25H,1,11-18H2,2-9H3,(H,37,45)(H,38,44)(H2,39,40,47)/t19-,20?,21+,22?,23-,25+/m0/s1. The molecule has 2 aliphatic heterocycles. The van der Waals surface area contributed by atoms with E-state index in [0.717, 1.165) is 0 Å². The van der Waals surface area contributed by atoms with E-state index >= 15 is 0 Å². The summed E-state index contributed by atoms with van der Waals surface area (Å²) in [4.78, 5) is 68.3. The topological polar surface area (TPSA) is 174 Å². The number of hydrogen-bond acceptors (Lipinski definition) is 7. The van der Waals surface area contributed by atoms with Crippen LogP contribution in [-0.4, -0.2) is 109 Å². The number of rotatable bonds is 13. The molecule has 1 aliphatic carbocycles. The number of fused-ring (bicyclic) bond motifs is 1. The Morgan fingerprint density at radius 3 is 2.10 bits per heavy atom. The number of amides is 5. The molecule has 0 radical (unpaired) electrons. The van der Waals surface area contributed by atoms with Crippen molar-refractivity contribution in [3.05, 3.63) is 12.7 Å². The fourth-order valence-electron chi connectivity index (χ4n) is 6.84. The third-order valence-electron chi connectivity index (χ3n) is 10.1. The molecule has 4 N–H and O–H groups in total. The van der Waals surface area contributed by atoms with Crippen molar-refractivity contribution in [1.29, 1.82) is 0 Å². The van der Waals surface area contributed by atoms with Gasteiger partial charge >= 0.3 is 12.2 Å². The Bertz CT molecular complexity index is 1450. The van der Waals surface area contributed by atoms with Crippen LogP contribution < -0.4 is 21.3 Å². The van der Waals surface area contributed by atoms with Crippen molar-refractivity contribution in [3.8, 4) is 0 Å². The molecule has 2 saturated heterocycles. The van der Waals surface area contributed by atoms with E-state index in [0.29, 0.717) is 13.0 Å². The summed E-state index contributed by atoms with van der Waals surface area (Å²) in [5.74, 6) is -4.41. The first-order chi connectivity index (χ1) is 22.7. The number of hydrogen-bond donors (Lipinski definition) is 4. The molecule has 0 aromatic carbocycles. The summed E-state index contributed by atoms with van der Waals surface area (Å²) in [7, 11) is -3.45. The number of nitrogens with zero attached hydrogens (tertiary/aromatic N) is 2. The monoisotopic (exact) mass is 734 g/mol. The van der Waals surface area contributed by atoms with Crippen molar-refractivity contribution in [2.24, 2.45) is 28.1 Å². The molecule has 0 spiro atoms. The summed E-state index contributed by atoms with van der Waals surface area (Å²) in [6.45, 7) is 18.3. The van der Waals surface area contributed by atoms with Gasteiger partial charge in [0.2, 0.25) is 27.6 Å². The highest BCUT2D eigenvalue weighted by Crippen LogP contribution is 2.65. The van der Waals surface area contributed by atoms with Gasteiger partial charge in [0.15, 0.2) is 0 Å². The zero-order valence-electron chi connectivity index (χ0n) is 30.2. The van der Waals surface area contributed by atoms with Gasteiger partial charge in [-0.25, -0.2) is 13.2 Å². The lowest BCUT2D eigenvalue weighted by molar-refractivity contribution is -0.148. The van der Waals surface area contributed by atoms with Crippen LogP contribution in [0.1, 0.15) is 74.7 Å². The smallest absolute Gasteiger partial charge is 0.346 e. The average molecular weight is 735 g/mol. The van der Waals surface area contributed by atoms with Crippen molar-refractivity contribution in [2.75, 3.05) is 31.9 Å². The van der Waals surface area contributed by atoms with Crippen molar-refractivity contribution in [3.63, 3.8) is 0 Å². The molecule has 50 heavy (non-hydrogen) atoms. The number of nitrogens with one attached hydrogen (secondary N) is 4. The minimum atomic E-state index is -4.67. The zero-order chi connectivity index (χ0) is 38.2. The molecule has 3 rings (SSSR count). The van der Waals surface area contributed by atoms with Crippen molar-refractivity contribution >= 4 is 39.6 Å². The summed E-state index contributed by atoms with van der Waals surface area (Å²) in [5, 5.41) is 10.2. The third-order valence-corrected chi connectivity index (χ3v) is 12.0. The second kappa shape index (κ2) is 14.8. The number of urea groups is 1. The maximum atomic E-state index is 14.3. The van der Waals surface area contributed by atoms with Gasteiger partial charge in [0.25, 0.3) is 5.91 Å². The molecule has 0 aromatic rings. The van der Waals surface area contributed by atoms with Crippen LogP contribution in [0, 0.1) is 28.1 Å². The highest BCUT2D eigenvalue weighted by molar-refractivity contribution is 7.89. The molecule has 2 unspecified atom stereocenters. The minimum Gasteiger partial charge on any atom is -0.346 e. The first kappa shape index (κ1) is 41.2. The van der Waals surface area contributed by atoms with Crippen LogP contribution in [0.15, 0.2) is 12.7 Å². The summed E-state index contributed by atoms with van der Waals surface area (Å²) < 4.78 is 65.9. The van der Waals surface area contributed by atoms with Crippen LogP contribution in [0.2, 0.25) is 0 Å². The lowest BCUT2D eigenvalue weighted by Gasteiger charge is -2.39. The second-order valence-corrected chi connectivity index (χ2v) is 18.4.